The van der Waals surface area contributed by atoms with Crippen LogP contribution in [0.25, 0.3) is 0 Å². The molecule has 4 aromatic rings. The molecule has 0 unspecified atom stereocenters. The summed E-state index contributed by atoms with van der Waals surface area (Å²) in [6, 6.07) is 34.4. The second-order valence-corrected chi connectivity index (χ2v) is 15.3. The van der Waals surface area contributed by atoms with E-state index in [2.05, 4.69) is 29.2 Å². The summed E-state index contributed by atoms with van der Waals surface area (Å²) in [7, 11) is 0. The Morgan fingerprint density at radius 3 is 1.48 bits per heavy atom. The van der Waals surface area contributed by atoms with Crippen LogP contribution in [0.3, 0.4) is 0 Å². The van der Waals surface area contributed by atoms with Crippen LogP contribution < -0.4 is 14.4 Å². The number of hydrogen-bond acceptors (Lipinski definition) is 11. The Hall–Kier alpha value is -4.69. The van der Waals surface area contributed by atoms with Gasteiger partial charge in [-0.15, -0.1) is 0 Å². The highest BCUT2D eigenvalue weighted by molar-refractivity contribution is 5.68. The van der Waals surface area contributed by atoms with E-state index in [0.29, 0.717) is 137 Å². The smallest absolute Gasteiger partial charge is 0.410 e. The van der Waals surface area contributed by atoms with Crippen LogP contribution in [0.4, 0.5) is 10.5 Å². The van der Waals surface area contributed by atoms with Crippen molar-refractivity contribution in [3.8, 4) is 11.5 Å². The fourth-order valence-corrected chi connectivity index (χ4v) is 6.19. The van der Waals surface area contributed by atoms with E-state index in [1.165, 1.54) is 0 Å². The summed E-state index contributed by atoms with van der Waals surface area (Å²) in [5.74, 6) is 1.32. The lowest BCUT2D eigenvalue weighted by atomic mass is 10.1. The van der Waals surface area contributed by atoms with Gasteiger partial charge in [-0.05, 0) is 73.7 Å². The molecule has 326 valence electrons. The van der Waals surface area contributed by atoms with Crippen LogP contribution in [-0.4, -0.2) is 116 Å². The molecule has 0 aliphatic carbocycles. The highest BCUT2D eigenvalue weighted by atomic mass is 16.6. The van der Waals surface area contributed by atoms with E-state index in [1.807, 2.05) is 99.6 Å². The molecule has 1 saturated heterocycles. The lowest BCUT2D eigenvalue weighted by Crippen LogP contribution is -2.37. The van der Waals surface area contributed by atoms with Crippen molar-refractivity contribution in [1.29, 1.82) is 0 Å². The Balaban J connectivity index is 1.23. The first kappa shape index (κ1) is 46.4. The highest BCUT2D eigenvalue weighted by Gasteiger charge is 2.23. The van der Waals surface area contributed by atoms with Crippen LogP contribution in [0.2, 0.25) is 0 Å². The number of amides is 1. The Kier molecular flexibility index (Phi) is 20.5. The van der Waals surface area contributed by atoms with E-state index >= 15 is 0 Å². The lowest BCUT2D eigenvalue weighted by molar-refractivity contribution is -0.0152. The number of rotatable bonds is 12. The Morgan fingerprint density at radius 1 is 0.550 bits per heavy atom. The third kappa shape index (κ3) is 18.3. The molecular formula is C48H64N2O10. The molecule has 1 fully saturated rings. The molecule has 1 aliphatic heterocycles. The summed E-state index contributed by atoms with van der Waals surface area (Å²) in [6.45, 7) is 14.8. The van der Waals surface area contributed by atoms with Crippen molar-refractivity contribution in [1.82, 2.24) is 4.90 Å². The summed E-state index contributed by atoms with van der Waals surface area (Å²) in [5, 5.41) is 0. The number of benzene rings is 4. The molecule has 1 aliphatic rings. The lowest BCUT2D eigenvalue weighted by Gasteiger charge is -2.28. The molecular weight excluding hydrogens is 765 g/mol. The highest BCUT2D eigenvalue weighted by Crippen LogP contribution is 2.31. The van der Waals surface area contributed by atoms with E-state index in [4.69, 9.17) is 42.6 Å². The molecule has 0 radical (unpaired) electrons. The van der Waals surface area contributed by atoms with Gasteiger partial charge in [0.2, 0.25) is 0 Å². The van der Waals surface area contributed by atoms with Crippen molar-refractivity contribution < 1.29 is 47.4 Å². The first-order valence-corrected chi connectivity index (χ1v) is 21.1. The van der Waals surface area contributed by atoms with Gasteiger partial charge in [-0.25, -0.2) is 4.79 Å². The fraction of sp³-hybridized carbons (Fsp3) is 0.479. The minimum absolute atomic E-state index is 0.369. The van der Waals surface area contributed by atoms with Crippen molar-refractivity contribution in [2.45, 2.75) is 52.6 Å². The van der Waals surface area contributed by atoms with Crippen LogP contribution in [0, 0.1) is 0 Å². The number of nitrogens with zero attached hydrogens (tertiary/aromatic N) is 2. The second kappa shape index (κ2) is 26.5. The Morgan fingerprint density at radius 2 is 1.00 bits per heavy atom. The van der Waals surface area contributed by atoms with Crippen molar-refractivity contribution in [3.05, 3.63) is 125 Å². The molecule has 60 heavy (non-hydrogen) atoms. The third-order valence-electron chi connectivity index (χ3n) is 9.35. The van der Waals surface area contributed by atoms with Crippen LogP contribution in [0.5, 0.6) is 11.5 Å². The van der Waals surface area contributed by atoms with Gasteiger partial charge in [0.15, 0.2) is 11.5 Å². The first-order chi connectivity index (χ1) is 29.3. The summed E-state index contributed by atoms with van der Waals surface area (Å²) in [5.41, 5.74) is 4.52. The summed E-state index contributed by atoms with van der Waals surface area (Å²) in [4.78, 5) is 17.6. The van der Waals surface area contributed by atoms with E-state index in [1.54, 1.807) is 4.90 Å². The normalized spacial score (nSPS) is 15.9. The minimum atomic E-state index is -0.644. The van der Waals surface area contributed by atoms with Crippen LogP contribution >= 0.6 is 0 Å². The van der Waals surface area contributed by atoms with Crippen LogP contribution in [0.15, 0.2) is 103 Å². The molecule has 1 heterocycles. The van der Waals surface area contributed by atoms with E-state index in [0.717, 1.165) is 27.9 Å². The second-order valence-electron chi connectivity index (χ2n) is 15.3. The predicted octanol–water partition coefficient (Wildman–Crippen LogP) is 7.74. The van der Waals surface area contributed by atoms with Crippen LogP contribution in [0.1, 0.15) is 43.0 Å². The molecule has 4 aromatic carbocycles. The van der Waals surface area contributed by atoms with Crippen LogP contribution in [-0.2, 0) is 59.3 Å². The molecule has 0 bridgehead atoms. The van der Waals surface area contributed by atoms with Crippen molar-refractivity contribution in [3.63, 3.8) is 0 Å². The zero-order valence-electron chi connectivity index (χ0n) is 35.7. The van der Waals surface area contributed by atoms with Gasteiger partial charge in [0.25, 0.3) is 0 Å². The van der Waals surface area contributed by atoms with Gasteiger partial charge in [-0.2, -0.15) is 0 Å². The van der Waals surface area contributed by atoms with Gasteiger partial charge in [-0.1, -0.05) is 78.9 Å². The number of carbonyl (C=O) groups excluding carboxylic acids is 1. The average Bonchev–Trinajstić information content (AvgIpc) is 3.25. The van der Waals surface area contributed by atoms with Gasteiger partial charge in [0.05, 0.1) is 79.3 Å². The Labute approximate surface area is 356 Å². The predicted molar refractivity (Wildman–Crippen MR) is 232 cm³/mol. The maximum atomic E-state index is 13.6. The zero-order valence-corrected chi connectivity index (χ0v) is 35.7. The Bertz CT molecular complexity index is 1730. The van der Waals surface area contributed by atoms with E-state index in [-0.39, 0.29) is 6.09 Å². The van der Waals surface area contributed by atoms with E-state index in [9.17, 15) is 4.79 Å². The van der Waals surface area contributed by atoms with Gasteiger partial charge >= 0.3 is 6.09 Å². The van der Waals surface area contributed by atoms with Gasteiger partial charge < -0.3 is 52.4 Å². The quantitative estimate of drug-likeness (QED) is 0.140. The fourth-order valence-electron chi connectivity index (χ4n) is 6.19. The SMILES string of the molecule is CC(C)(C)OC(=O)N(CCc1ccc(OCc2ccccc2)c(OCc2ccccc2)c1)Cc1ccc(N2CCOCCOCCOCCOCCOCCOCC2)cc1. The standard InChI is InChI=1S/C48H64N2O10/c1-48(2,3)60-47(51)50(21-20-40-16-19-45(58-38-42-10-6-4-7-11-42)46(36-40)59-39-43-12-8-5-9-13-43)37-41-14-17-44(18-15-41)49-22-24-52-26-28-54-30-32-56-34-35-57-33-31-55-29-27-53-25-23-49/h4-19,36H,20-35,37-39H2,1-3H3. The number of hydrogen-bond donors (Lipinski definition) is 0. The minimum Gasteiger partial charge on any atom is -0.485 e. The number of anilines is 1. The summed E-state index contributed by atoms with van der Waals surface area (Å²) < 4.78 is 52.6. The summed E-state index contributed by atoms with van der Waals surface area (Å²) >= 11 is 0. The number of carbonyl (C=O) groups is 1. The molecule has 1 amide bonds. The summed E-state index contributed by atoms with van der Waals surface area (Å²) in [6.07, 6.45) is 0.218. The number of ether oxygens (including phenoxy) is 9. The van der Waals surface area contributed by atoms with Gasteiger partial charge in [0, 0.05) is 31.9 Å². The van der Waals surface area contributed by atoms with Crippen molar-refractivity contribution in [2.75, 3.05) is 104 Å². The molecule has 12 nitrogen and oxygen atoms in total. The molecule has 0 N–H and O–H groups in total. The molecule has 12 heteroatoms. The molecule has 5 rings (SSSR count). The largest absolute Gasteiger partial charge is 0.485 e. The molecule has 0 spiro atoms. The molecule has 0 saturated carbocycles. The third-order valence-corrected chi connectivity index (χ3v) is 9.35. The maximum Gasteiger partial charge on any atom is 0.410 e. The zero-order chi connectivity index (χ0) is 42.1. The van der Waals surface area contributed by atoms with Crippen molar-refractivity contribution in [2.24, 2.45) is 0 Å². The maximum absolute atomic E-state index is 13.6. The molecule has 0 aromatic heterocycles. The topological polar surface area (TPSA) is 107 Å². The van der Waals surface area contributed by atoms with Gasteiger partial charge in [0.1, 0.15) is 18.8 Å². The van der Waals surface area contributed by atoms with E-state index < -0.39 is 5.60 Å². The van der Waals surface area contributed by atoms with Crippen molar-refractivity contribution >= 4 is 11.8 Å². The monoisotopic (exact) mass is 828 g/mol. The molecule has 0 atom stereocenters. The average molecular weight is 829 g/mol. The van der Waals surface area contributed by atoms with Gasteiger partial charge in [-0.3, -0.25) is 0 Å². The first-order valence-electron chi connectivity index (χ1n) is 21.1.